The van der Waals surface area contributed by atoms with Crippen LogP contribution in [0, 0.1) is 5.92 Å². The zero-order valence-corrected chi connectivity index (χ0v) is 10.7. The number of benzene rings is 1. The molecule has 0 aromatic heterocycles. The van der Waals surface area contributed by atoms with Crippen molar-refractivity contribution in [2.75, 3.05) is 20.2 Å². The molecule has 18 heavy (non-hydrogen) atoms. The maximum atomic E-state index is 9.46. The summed E-state index contributed by atoms with van der Waals surface area (Å²) in [6.07, 6.45) is 2.59. The zero-order chi connectivity index (χ0) is 12.7. The Morgan fingerprint density at radius 3 is 2.94 bits per heavy atom. The normalized spacial score (nSPS) is 23.8. The molecule has 2 unspecified atom stereocenters. The van der Waals surface area contributed by atoms with Crippen LogP contribution in [0.2, 0.25) is 0 Å². The Hall–Kier alpha value is -1.26. The Kier molecular flexibility index (Phi) is 2.92. The molecule has 1 aliphatic heterocycles. The first-order valence-electron chi connectivity index (χ1n) is 6.58. The molecule has 3 N–H and O–H groups in total. The highest BCUT2D eigenvalue weighted by atomic mass is 16.5. The largest absolute Gasteiger partial charge is 0.508 e. The summed E-state index contributed by atoms with van der Waals surface area (Å²) in [7, 11) is 2.13. The van der Waals surface area contributed by atoms with Gasteiger partial charge in [0.15, 0.2) is 0 Å². The van der Waals surface area contributed by atoms with Crippen LogP contribution in [0.15, 0.2) is 18.2 Å². The van der Waals surface area contributed by atoms with Gasteiger partial charge in [0.25, 0.3) is 0 Å². The number of likely N-dealkylation sites (N-methyl/N-ethyl adjacent to an activating group) is 1. The molecule has 98 valence electrons. The van der Waals surface area contributed by atoms with Gasteiger partial charge in [0, 0.05) is 24.2 Å². The number of nitrogens with zero attached hydrogens (tertiary/aromatic N) is 1. The maximum Gasteiger partial charge on any atom is 0.127 e. The van der Waals surface area contributed by atoms with Gasteiger partial charge in [-0.15, -0.1) is 0 Å². The van der Waals surface area contributed by atoms with Gasteiger partial charge in [0.1, 0.15) is 18.1 Å². The molecule has 0 spiro atoms. The van der Waals surface area contributed by atoms with Gasteiger partial charge in [-0.05, 0) is 37.9 Å². The lowest BCUT2D eigenvalue weighted by atomic mass is 10.0. The van der Waals surface area contributed by atoms with Crippen LogP contribution in [0.25, 0.3) is 0 Å². The van der Waals surface area contributed by atoms with E-state index >= 15 is 0 Å². The van der Waals surface area contributed by atoms with Crippen molar-refractivity contribution in [3.8, 4) is 11.5 Å². The summed E-state index contributed by atoms with van der Waals surface area (Å²) >= 11 is 0. The molecule has 4 nitrogen and oxygen atoms in total. The molecule has 1 aliphatic carbocycles. The lowest BCUT2D eigenvalue weighted by Crippen LogP contribution is -2.42. The quantitative estimate of drug-likeness (QED) is 0.847. The molecule has 2 atom stereocenters. The number of hydrogen-bond donors (Lipinski definition) is 2. The number of aromatic hydroxyl groups is 1. The van der Waals surface area contributed by atoms with Crippen LogP contribution in [0.4, 0.5) is 0 Å². The number of phenolic OH excluding ortho intramolecular Hbond substituents is 1. The van der Waals surface area contributed by atoms with E-state index in [1.165, 1.54) is 12.8 Å². The van der Waals surface area contributed by atoms with E-state index in [2.05, 4.69) is 11.9 Å². The van der Waals surface area contributed by atoms with E-state index in [0.29, 0.717) is 19.2 Å². The monoisotopic (exact) mass is 248 g/mol. The molecule has 3 rings (SSSR count). The van der Waals surface area contributed by atoms with Crippen LogP contribution in [-0.4, -0.2) is 36.2 Å². The Morgan fingerprint density at radius 2 is 2.28 bits per heavy atom. The predicted octanol–water partition coefficient (Wildman–Crippen LogP) is 1.49. The van der Waals surface area contributed by atoms with Crippen LogP contribution in [0.3, 0.4) is 0 Å². The fourth-order valence-electron chi connectivity index (χ4n) is 2.92. The molecule has 2 aliphatic rings. The fraction of sp³-hybridized carbons (Fsp3) is 0.571. The molecular formula is C14H20N2O2. The lowest BCUT2D eigenvalue weighted by Gasteiger charge is -2.31. The summed E-state index contributed by atoms with van der Waals surface area (Å²) in [4.78, 5) is 2.35. The summed E-state index contributed by atoms with van der Waals surface area (Å²) in [6, 6.07) is 6.08. The number of hydrogen-bond acceptors (Lipinski definition) is 4. The fourth-order valence-corrected chi connectivity index (χ4v) is 2.92. The van der Waals surface area contributed by atoms with E-state index in [1.807, 2.05) is 6.07 Å². The molecule has 0 amide bonds. The second kappa shape index (κ2) is 4.44. The highest BCUT2D eigenvalue weighted by Crippen LogP contribution is 2.42. The third-order valence-corrected chi connectivity index (χ3v) is 4.18. The molecular weight excluding hydrogens is 228 g/mol. The summed E-state index contributed by atoms with van der Waals surface area (Å²) in [5, 5.41) is 9.46. The number of fused-ring (bicyclic) bond motifs is 1. The third kappa shape index (κ3) is 1.95. The summed E-state index contributed by atoms with van der Waals surface area (Å²) in [5.74, 6) is 1.81. The molecule has 0 bridgehead atoms. The minimum atomic E-state index is 0.259. The van der Waals surface area contributed by atoms with Gasteiger partial charge in [0.2, 0.25) is 0 Å². The standard InChI is InChI=1S/C14H20N2O2/c1-16(12(7-15)9-2-3-9)13-8-18-14-6-10(17)4-5-11(13)14/h4-6,9,12-13,17H,2-3,7-8,15H2,1H3. The van der Waals surface area contributed by atoms with Crippen molar-refractivity contribution in [2.45, 2.75) is 24.9 Å². The molecule has 1 aromatic carbocycles. The highest BCUT2D eigenvalue weighted by molar-refractivity contribution is 5.44. The van der Waals surface area contributed by atoms with Gasteiger partial charge < -0.3 is 15.6 Å². The van der Waals surface area contributed by atoms with Crippen molar-refractivity contribution in [1.29, 1.82) is 0 Å². The Bertz CT molecular complexity index is 445. The lowest BCUT2D eigenvalue weighted by molar-refractivity contribution is 0.134. The topological polar surface area (TPSA) is 58.7 Å². The first-order chi connectivity index (χ1) is 8.70. The van der Waals surface area contributed by atoms with Crippen LogP contribution >= 0.6 is 0 Å². The van der Waals surface area contributed by atoms with E-state index < -0.39 is 0 Å². The smallest absolute Gasteiger partial charge is 0.127 e. The Balaban J connectivity index is 1.82. The highest BCUT2D eigenvalue weighted by Gasteiger charge is 2.38. The zero-order valence-electron chi connectivity index (χ0n) is 10.7. The molecule has 0 saturated heterocycles. The number of ether oxygens (including phenoxy) is 1. The summed E-state index contributed by atoms with van der Waals surface area (Å²) in [6.45, 7) is 1.35. The van der Waals surface area contributed by atoms with Crippen molar-refractivity contribution in [2.24, 2.45) is 11.7 Å². The van der Waals surface area contributed by atoms with Gasteiger partial charge in [-0.1, -0.05) is 0 Å². The minimum Gasteiger partial charge on any atom is -0.508 e. The van der Waals surface area contributed by atoms with Gasteiger partial charge >= 0.3 is 0 Å². The van der Waals surface area contributed by atoms with Crippen molar-refractivity contribution >= 4 is 0 Å². The predicted molar refractivity (Wildman–Crippen MR) is 69.7 cm³/mol. The van der Waals surface area contributed by atoms with Crippen molar-refractivity contribution < 1.29 is 9.84 Å². The van der Waals surface area contributed by atoms with E-state index in [9.17, 15) is 5.11 Å². The minimum absolute atomic E-state index is 0.259. The third-order valence-electron chi connectivity index (χ3n) is 4.18. The first-order valence-corrected chi connectivity index (χ1v) is 6.58. The average Bonchev–Trinajstić information content (AvgIpc) is 3.09. The SMILES string of the molecule is CN(C1COc2cc(O)ccc21)C(CN)C1CC1. The molecule has 1 saturated carbocycles. The van der Waals surface area contributed by atoms with Gasteiger partial charge in [0.05, 0.1) is 6.04 Å². The average molecular weight is 248 g/mol. The van der Waals surface area contributed by atoms with Crippen molar-refractivity contribution in [1.82, 2.24) is 4.90 Å². The van der Waals surface area contributed by atoms with E-state index in [1.54, 1.807) is 12.1 Å². The van der Waals surface area contributed by atoms with Crippen LogP contribution < -0.4 is 10.5 Å². The van der Waals surface area contributed by atoms with Gasteiger partial charge in [-0.25, -0.2) is 0 Å². The molecule has 1 heterocycles. The van der Waals surface area contributed by atoms with Crippen molar-refractivity contribution in [3.05, 3.63) is 23.8 Å². The number of phenols is 1. The second-order valence-corrected chi connectivity index (χ2v) is 5.35. The summed E-state index contributed by atoms with van der Waals surface area (Å²) < 4.78 is 5.67. The number of rotatable bonds is 4. The van der Waals surface area contributed by atoms with E-state index in [0.717, 1.165) is 17.2 Å². The first kappa shape index (κ1) is 11.8. The van der Waals surface area contributed by atoms with Crippen LogP contribution in [0.5, 0.6) is 11.5 Å². The van der Waals surface area contributed by atoms with Gasteiger partial charge in [-0.2, -0.15) is 0 Å². The molecule has 1 fully saturated rings. The maximum absolute atomic E-state index is 9.46. The molecule has 4 heteroatoms. The summed E-state index contributed by atoms with van der Waals surface area (Å²) in [5.41, 5.74) is 7.07. The van der Waals surface area contributed by atoms with Gasteiger partial charge in [-0.3, -0.25) is 4.90 Å². The molecule has 0 radical (unpaired) electrons. The van der Waals surface area contributed by atoms with Crippen LogP contribution in [0.1, 0.15) is 24.4 Å². The Labute approximate surface area is 107 Å². The van der Waals surface area contributed by atoms with Crippen molar-refractivity contribution in [3.63, 3.8) is 0 Å². The Morgan fingerprint density at radius 1 is 1.50 bits per heavy atom. The van der Waals surface area contributed by atoms with E-state index in [4.69, 9.17) is 10.5 Å². The molecule has 1 aromatic rings. The second-order valence-electron chi connectivity index (χ2n) is 5.35. The van der Waals surface area contributed by atoms with Crippen LogP contribution in [-0.2, 0) is 0 Å². The number of nitrogens with two attached hydrogens (primary N) is 1. The van der Waals surface area contributed by atoms with E-state index in [-0.39, 0.29) is 11.8 Å².